The van der Waals surface area contributed by atoms with Gasteiger partial charge in [-0.3, -0.25) is 4.79 Å². The summed E-state index contributed by atoms with van der Waals surface area (Å²) in [5, 5.41) is 34.5. The van der Waals surface area contributed by atoms with E-state index in [4.69, 9.17) is 20.9 Å². The monoisotopic (exact) mass is 358 g/mol. The van der Waals surface area contributed by atoms with Crippen molar-refractivity contribution in [2.45, 2.75) is 31.0 Å². The van der Waals surface area contributed by atoms with Gasteiger partial charge < -0.3 is 46.1 Å². The minimum atomic E-state index is -1.49. The lowest BCUT2D eigenvalue weighted by atomic mass is 10.1. The van der Waals surface area contributed by atoms with Crippen LogP contribution in [0.2, 0.25) is 0 Å². The number of carbonyl (C=O) groups is 2. The summed E-state index contributed by atoms with van der Waals surface area (Å²) in [6.07, 6.45) is -4.45. The molecule has 0 aromatic carbocycles. The average molecular weight is 358 g/mol. The third-order valence-electron chi connectivity index (χ3n) is 3.62. The number of hydrogen-bond donors (Lipinski definition) is 5. The lowest BCUT2D eigenvalue weighted by Gasteiger charge is -2.21. The standard InChI is InChI=1S/C13H21N5O7/c14-2-1-3-16-13(23)24-4-6-8(19)9(20)12(25-6)18-5-17-7(10(15)21)11(18)22/h5-6,8-9,12,19-20,22H,1-4,14H2,(H2,15,21)(H,16,23)/p-1/t6-,8-,9-,12-/m1/s1. The first-order valence-corrected chi connectivity index (χ1v) is 7.52. The number of aliphatic hydroxyl groups is 2. The maximum atomic E-state index is 12.0. The Hall–Kier alpha value is -2.41. The van der Waals surface area contributed by atoms with Gasteiger partial charge in [-0.2, -0.15) is 0 Å². The quantitative estimate of drug-likeness (QED) is 0.311. The highest BCUT2D eigenvalue weighted by Gasteiger charge is 2.44. The van der Waals surface area contributed by atoms with Crippen LogP contribution in [0.3, 0.4) is 0 Å². The van der Waals surface area contributed by atoms with Gasteiger partial charge in [-0.05, 0) is 18.8 Å². The fraction of sp³-hybridized carbons (Fsp3) is 0.615. The van der Waals surface area contributed by atoms with E-state index in [2.05, 4.69) is 10.3 Å². The van der Waals surface area contributed by atoms with E-state index in [0.717, 1.165) is 10.9 Å². The maximum absolute atomic E-state index is 12.0. The number of nitrogens with two attached hydrogens (primary N) is 2. The van der Waals surface area contributed by atoms with Crippen molar-refractivity contribution in [1.29, 1.82) is 0 Å². The van der Waals surface area contributed by atoms with Crippen molar-refractivity contribution in [3.63, 3.8) is 0 Å². The minimum Gasteiger partial charge on any atom is -0.858 e. The number of hydrogen-bond acceptors (Lipinski definition) is 9. The number of amides is 2. The van der Waals surface area contributed by atoms with Crippen LogP contribution in [0.25, 0.3) is 0 Å². The molecule has 0 saturated carbocycles. The SMILES string of the molecule is NCCCNC(=O)OC[C@H]1O[C@@H](n2cnc(C(N)=O)c2[O-])[C@H](O)[C@@H]1O. The molecule has 1 aliphatic rings. The molecular formula is C13H20N5O7-. The van der Waals surface area contributed by atoms with Gasteiger partial charge in [0.05, 0.1) is 6.33 Å². The van der Waals surface area contributed by atoms with Gasteiger partial charge in [-0.15, -0.1) is 0 Å². The Kier molecular flexibility index (Phi) is 6.14. The Morgan fingerprint density at radius 1 is 1.44 bits per heavy atom. The van der Waals surface area contributed by atoms with Crippen LogP contribution in [0, 0.1) is 0 Å². The van der Waals surface area contributed by atoms with Crippen molar-refractivity contribution in [2.24, 2.45) is 11.5 Å². The second-order valence-electron chi connectivity index (χ2n) is 5.38. The van der Waals surface area contributed by atoms with Gasteiger partial charge in [0.1, 0.15) is 30.6 Å². The largest absolute Gasteiger partial charge is 0.858 e. The zero-order valence-electron chi connectivity index (χ0n) is 13.2. The number of imidazole rings is 1. The van der Waals surface area contributed by atoms with Crippen molar-refractivity contribution in [3.8, 4) is 5.88 Å². The Bertz CT molecular complexity index is 622. The van der Waals surface area contributed by atoms with E-state index in [1.165, 1.54) is 0 Å². The molecule has 7 N–H and O–H groups in total. The number of nitrogens with one attached hydrogen (secondary N) is 1. The van der Waals surface area contributed by atoms with Gasteiger partial charge in [0.15, 0.2) is 6.23 Å². The molecule has 1 aromatic heterocycles. The molecule has 25 heavy (non-hydrogen) atoms. The Morgan fingerprint density at radius 3 is 2.76 bits per heavy atom. The molecule has 1 saturated heterocycles. The van der Waals surface area contributed by atoms with E-state index in [1.54, 1.807) is 0 Å². The average Bonchev–Trinajstić information content (AvgIpc) is 3.07. The van der Waals surface area contributed by atoms with Crippen molar-refractivity contribution < 1.29 is 34.4 Å². The molecule has 1 fully saturated rings. The molecule has 0 unspecified atom stereocenters. The zero-order valence-corrected chi connectivity index (χ0v) is 13.2. The van der Waals surface area contributed by atoms with E-state index in [-0.39, 0.29) is 6.61 Å². The molecule has 2 amide bonds. The lowest BCUT2D eigenvalue weighted by molar-refractivity contribution is -0.284. The summed E-state index contributed by atoms with van der Waals surface area (Å²) in [7, 11) is 0. The van der Waals surface area contributed by atoms with Crippen molar-refractivity contribution in [1.82, 2.24) is 14.9 Å². The predicted molar refractivity (Wildman–Crippen MR) is 79.1 cm³/mol. The highest BCUT2D eigenvalue weighted by molar-refractivity contribution is 5.92. The molecule has 2 rings (SSSR count). The maximum Gasteiger partial charge on any atom is 0.407 e. The normalized spacial score (nSPS) is 25.7. The van der Waals surface area contributed by atoms with Crippen molar-refractivity contribution in [3.05, 3.63) is 12.0 Å². The first-order valence-electron chi connectivity index (χ1n) is 7.52. The fourth-order valence-electron chi connectivity index (χ4n) is 2.30. The summed E-state index contributed by atoms with van der Waals surface area (Å²) < 4.78 is 11.1. The van der Waals surface area contributed by atoms with E-state index in [1.807, 2.05) is 0 Å². The number of aromatic nitrogens is 2. The molecule has 140 valence electrons. The Balaban J connectivity index is 1.96. The molecule has 12 nitrogen and oxygen atoms in total. The van der Waals surface area contributed by atoms with Crippen LogP contribution in [0.15, 0.2) is 6.33 Å². The number of carbonyl (C=O) groups excluding carboxylic acids is 2. The fourth-order valence-corrected chi connectivity index (χ4v) is 2.30. The first kappa shape index (κ1) is 18.9. The van der Waals surface area contributed by atoms with Crippen LogP contribution in [0.5, 0.6) is 5.88 Å². The highest BCUT2D eigenvalue weighted by atomic mass is 16.6. The summed E-state index contributed by atoms with van der Waals surface area (Å²) in [6, 6.07) is 0. The van der Waals surface area contributed by atoms with E-state index >= 15 is 0 Å². The molecule has 0 radical (unpaired) electrons. The zero-order chi connectivity index (χ0) is 18.6. The molecular weight excluding hydrogens is 338 g/mol. The van der Waals surface area contributed by atoms with Crippen molar-refractivity contribution in [2.75, 3.05) is 19.7 Å². The number of rotatable bonds is 7. The van der Waals surface area contributed by atoms with Gasteiger partial charge in [0.2, 0.25) is 0 Å². The summed E-state index contributed by atoms with van der Waals surface area (Å²) in [5.41, 5.74) is 9.79. The number of aliphatic hydroxyl groups excluding tert-OH is 2. The van der Waals surface area contributed by atoms with E-state index < -0.39 is 48.1 Å². The molecule has 1 aromatic rings. The van der Waals surface area contributed by atoms with Gasteiger partial charge >= 0.3 is 6.09 Å². The predicted octanol–water partition coefficient (Wildman–Crippen LogP) is -3.25. The lowest BCUT2D eigenvalue weighted by Crippen LogP contribution is -2.36. The summed E-state index contributed by atoms with van der Waals surface area (Å²) >= 11 is 0. The Labute approximate surface area is 142 Å². The third-order valence-corrected chi connectivity index (χ3v) is 3.62. The van der Waals surface area contributed by atoms with Crippen LogP contribution in [0.1, 0.15) is 23.1 Å². The molecule has 0 spiro atoms. The van der Waals surface area contributed by atoms with Gasteiger partial charge in [0.25, 0.3) is 5.91 Å². The summed E-state index contributed by atoms with van der Waals surface area (Å²) in [5.74, 6) is -1.88. The molecule has 1 aliphatic heterocycles. The smallest absolute Gasteiger partial charge is 0.407 e. The number of alkyl carbamates (subject to hydrolysis) is 1. The summed E-state index contributed by atoms with van der Waals surface area (Å²) in [4.78, 5) is 26.1. The second-order valence-corrected chi connectivity index (χ2v) is 5.38. The molecule has 2 heterocycles. The molecule has 4 atom stereocenters. The van der Waals surface area contributed by atoms with Crippen molar-refractivity contribution >= 4 is 12.0 Å². The van der Waals surface area contributed by atoms with E-state index in [9.17, 15) is 24.9 Å². The molecule has 0 bridgehead atoms. The molecule has 0 aliphatic carbocycles. The highest BCUT2D eigenvalue weighted by Crippen LogP contribution is 2.32. The van der Waals surface area contributed by atoms with Crippen LogP contribution in [-0.2, 0) is 9.47 Å². The number of primary amides is 1. The van der Waals surface area contributed by atoms with Crippen LogP contribution >= 0.6 is 0 Å². The topological polar surface area (TPSA) is 198 Å². The molecule has 12 heteroatoms. The summed E-state index contributed by atoms with van der Waals surface area (Å²) in [6.45, 7) is 0.391. The number of nitrogens with zero attached hydrogens (tertiary/aromatic N) is 2. The third kappa shape index (κ3) is 4.17. The second kappa shape index (κ2) is 8.11. The van der Waals surface area contributed by atoms with Gasteiger partial charge in [-0.1, -0.05) is 0 Å². The van der Waals surface area contributed by atoms with Crippen LogP contribution in [-0.4, -0.2) is 69.8 Å². The Morgan fingerprint density at radius 2 is 2.16 bits per heavy atom. The minimum absolute atomic E-state index is 0.332. The van der Waals surface area contributed by atoms with E-state index in [0.29, 0.717) is 19.5 Å². The van der Waals surface area contributed by atoms with Gasteiger partial charge in [-0.25, -0.2) is 9.78 Å². The number of ether oxygens (including phenoxy) is 2. The van der Waals surface area contributed by atoms with Crippen LogP contribution in [0.4, 0.5) is 4.79 Å². The first-order chi connectivity index (χ1) is 11.9. The van der Waals surface area contributed by atoms with Crippen LogP contribution < -0.4 is 21.9 Å². The van der Waals surface area contributed by atoms with Gasteiger partial charge in [0, 0.05) is 6.54 Å².